The summed E-state index contributed by atoms with van der Waals surface area (Å²) in [7, 11) is -3.07. The van der Waals surface area contributed by atoms with Crippen molar-refractivity contribution in [3.05, 3.63) is 90.0 Å². The molecule has 3 aromatic carbocycles. The lowest BCUT2D eigenvalue weighted by Crippen LogP contribution is -2.32. The van der Waals surface area contributed by atoms with Gasteiger partial charge in [0, 0.05) is 16.9 Å². The molecular formula is C24H23F2N2O4S+. The van der Waals surface area contributed by atoms with Crippen LogP contribution in [0.5, 0.6) is 0 Å². The fourth-order valence-corrected chi connectivity index (χ4v) is 3.90. The van der Waals surface area contributed by atoms with Crippen LogP contribution in [0.3, 0.4) is 0 Å². The molecule has 172 valence electrons. The fourth-order valence-electron chi connectivity index (χ4n) is 3.00. The summed E-state index contributed by atoms with van der Waals surface area (Å²) in [6, 6.07) is 18.9. The number of carbonyl (C=O) groups is 2. The first-order valence-corrected chi connectivity index (χ1v) is 11.8. The van der Waals surface area contributed by atoms with Gasteiger partial charge in [0.1, 0.15) is 5.75 Å². The SMILES string of the molecule is CC[S+](=O)(O)c1ccc(CC(=O)Nc2ccc(C(F)(F)C(=O)Nc3ccccc3)cc2)cc1. The van der Waals surface area contributed by atoms with Crippen molar-refractivity contribution in [2.75, 3.05) is 16.4 Å². The zero-order valence-electron chi connectivity index (χ0n) is 17.8. The molecule has 0 bridgehead atoms. The molecule has 2 amide bonds. The van der Waals surface area contributed by atoms with Crippen LogP contribution in [0.25, 0.3) is 0 Å². The molecule has 0 aliphatic rings. The zero-order valence-corrected chi connectivity index (χ0v) is 18.6. The molecule has 0 radical (unpaired) electrons. The van der Waals surface area contributed by atoms with Crippen LogP contribution < -0.4 is 10.6 Å². The molecule has 3 aromatic rings. The van der Waals surface area contributed by atoms with Gasteiger partial charge in [0.25, 0.3) is 5.91 Å². The molecule has 3 rings (SSSR count). The van der Waals surface area contributed by atoms with Crippen molar-refractivity contribution in [3.63, 3.8) is 0 Å². The van der Waals surface area contributed by atoms with E-state index in [1.807, 2.05) is 0 Å². The predicted molar refractivity (Wildman–Crippen MR) is 124 cm³/mol. The maximum Gasteiger partial charge on any atom is 0.350 e. The normalized spacial score (nSPS) is 13.1. The highest BCUT2D eigenvalue weighted by Crippen LogP contribution is 2.30. The Morgan fingerprint density at radius 3 is 2.03 bits per heavy atom. The van der Waals surface area contributed by atoms with Crippen LogP contribution in [0.2, 0.25) is 0 Å². The number of carbonyl (C=O) groups excluding carboxylic acids is 2. The van der Waals surface area contributed by atoms with Gasteiger partial charge in [0.2, 0.25) is 16.1 Å². The Bertz CT molecular complexity index is 1170. The van der Waals surface area contributed by atoms with Crippen molar-refractivity contribution in [2.24, 2.45) is 0 Å². The number of nitrogens with one attached hydrogen (secondary N) is 2. The van der Waals surface area contributed by atoms with E-state index in [2.05, 4.69) is 10.6 Å². The molecule has 0 fully saturated rings. The number of halogens is 2. The minimum atomic E-state index is -3.76. The Morgan fingerprint density at radius 2 is 1.45 bits per heavy atom. The van der Waals surface area contributed by atoms with E-state index in [0.29, 0.717) is 16.1 Å². The Labute approximate surface area is 191 Å². The second-order valence-electron chi connectivity index (χ2n) is 7.27. The van der Waals surface area contributed by atoms with Gasteiger partial charge in [-0.05, 0) is 48.9 Å². The second-order valence-corrected chi connectivity index (χ2v) is 9.60. The first-order valence-electron chi connectivity index (χ1n) is 10.1. The summed E-state index contributed by atoms with van der Waals surface area (Å²) in [6.45, 7) is 1.61. The van der Waals surface area contributed by atoms with E-state index in [1.54, 1.807) is 37.3 Å². The lowest BCUT2D eigenvalue weighted by molar-refractivity contribution is -0.140. The Hall–Kier alpha value is -3.43. The van der Waals surface area contributed by atoms with E-state index in [0.717, 1.165) is 12.1 Å². The van der Waals surface area contributed by atoms with Crippen LogP contribution in [0.4, 0.5) is 20.2 Å². The first-order chi connectivity index (χ1) is 15.6. The van der Waals surface area contributed by atoms with Crippen LogP contribution in [-0.2, 0) is 36.4 Å². The summed E-state index contributed by atoms with van der Waals surface area (Å²) in [6.07, 6.45) is -0.00355. The lowest BCUT2D eigenvalue weighted by atomic mass is 10.1. The van der Waals surface area contributed by atoms with Gasteiger partial charge in [0.05, 0.1) is 6.42 Å². The van der Waals surface area contributed by atoms with E-state index in [-0.39, 0.29) is 23.8 Å². The maximum absolute atomic E-state index is 14.5. The van der Waals surface area contributed by atoms with Crippen molar-refractivity contribution < 1.29 is 27.1 Å². The minimum Gasteiger partial charge on any atom is -0.326 e. The largest absolute Gasteiger partial charge is 0.350 e. The molecule has 33 heavy (non-hydrogen) atoms. The van der Waals surface area contributed by atoms with Crippen molar-refractivity contribution in [2.45, 2.75) is 24.2 Å². The van der Waals surface area contributed by atoms with Crippen molar-refractivity contribution in [1.29, 1.82) is 0 Å². The molecule has 6 nitrogen and oxygen atoms in total. The molecule has 0 heterocycles. The third-order valence-electron chi connectivity index (χ3n) is 4.90. The number of hydrogen-bond acceptors (Lipinski definition) is 3. The van der Waals surface area contributed by atoms with Gasteiger partial charge in [-0.2, -0.15) is 13.3 Å². The number of para-hydroxylation sites is 1. The van der Waals surface area contributed by atoms with E-state index >= 15 is 0 Å². The van der Waals surface area contributed by atoms with Gasteiger partial charge in [-0.15, -0.1) is 0 Å². The lowest BCUT2D eigenvalue weighted by Gasteiger charge is -2.17. The number of rotatable bonds is 8. The molecular weight excluding hydrogens is 450 g/mol. The van der Waals surface area contributed by atoms with Crippen LogP contribution in [0.15, 0.2) is 83.8 Å². The van der Waals surface area contributed by atoms with Crippen molar-refractivity contribution in [1.82, 2.24) is 0 Å². The highest BCUT2D eigenvalue weighted by Gasteiger charge is 2.40. The van der Waals surface area contributed by atoms with Crippen LogP contribution in [0, 0.1) is 0 Å². The van der Waals surface area contributed by atoms with E-state index < -0.39 is 27.6 Å². The van der Waals surface area contributed by atoms with Gasteiger partial charge in [-0.25, -0.2) is 0 Å². The number of alkyl halides is 2. The topological polar surface area (TPSA) is 95.5 Å². The Kier molecular flexibility index (Phi) is 7.35. The fraction of sp³-hybridized carbons (Fsp3) is 0.167. The highest BCUT2D eigenvalue weighted by molar-refractivity contribution is 7.97. The minimum absolute atomic E-state index is 0.00355. The Morgan fingerprint density at radius 1 is 0.879 bits per heavy atom. The first kappa shape index (κ1) is 24.2. The van der Waals surface area contributed by atoms with Crippen LogP contribution >= 0.6 is 0 Å². The van der Waals surface area contributed by atoms with Gasteiger partial charge < -0.3 is 10.6 Å². The van der Waals surface area contributed by atoms with Crippen LogP contribution in [-0.4, -0.2) is 22.1 Å². The van der Waals surface area contributed by atoms with E-state index in [4.69, 9.17) is 0 Å². The average Bonchev–Trinajstić information content (AvgIpc) is 2.80. The number of hydrogen-bond donors (Lipinski definition) is 3. The predicted octanol–water partition coefficient (Wildman–Crippen LogP) is 4.95. The number of benzene rings is 3. The van der Waals surface area contributed by atoms with E-state index in [9.17, 15) is 27.1 Å². The molecule has 0 aliphatic heterocycles. The number of amides is 2. The zero-order chi connectivity index (χ0) is 24.1. The average molecular weight is 474 g/mol. The van der Waals surface area contributed by atoms with Gasteiger partial charge >= 0.3 is 5.92 Å². The summed E-state index contributed by atoms with van der Waals surface area (Å²) < 4.78 is 50.8. The molecule has 0 aromatic heterocycles. The Balaban J connectivity index is 1.61. The monoisotopic (exact) mass is 473 g/mol. The molecule has 0 saturated carbocycles. The number of anilines is 2. The smallest absolute Gasteiger partial charge is 0.326 e. The maximum atomic E-state index is 14.5. The van der Waals surface area contributed by atoms with Gasteiger partial charge in [-0.1, -0.05) is 46.7 Å². The molecule has 0 saturated heterocycles. The molecule has 9 heteroatoms. The summed E-state index contributed by atoms with van der Waals surface area (Å²) >= 11 is 0. The molecule has 0 aliphatic carbocycles. The molecule has 1 unspecified atom stereocenters. The summed E-state index contributed by atoms with van der Waals surface area (Å²) in [5, 5.41) is 4.78. The third kappa shape index (κ3) is 6.09. The summed E-state index contributed by atoms with van der Waals surface area (Å²) in [5.74, 6) is -5.51. The van der Waals surface area contributed by atoms with Crippen molar-refractivity contribution >= 4 is 33.4 Å². The van der Waals surface area contributed by atoms with Crippen molar-refractivity contribution in [3.8, 4) is 0 Å². The summed E-state index contributed by atoms with van der Waals surface area (Å²) in [5.41, 5.74) is 0.676. The highest BCUT2D eigenvalue weighted by atomic mass is 32.3. The summed E-state index contributed by atoms with van der Waals surface area (Å²) in [4.78, 5) is 24.6. The quantitative estimate of drug-likeness (QED) is 0.404. The molecule has 3 N–H and O–H groups in total. The second kappa shape index (κ2) is 10.0. The van der Waals surface area contributed by atoms with Gasteiger partial charge in [0.15, 0.2) is 4.90 Å². The van der Waals surface area contributed by atoms with Crippen LogP contribution in [0.1, 0.15) is 18.1 Å². The molecule has 1 atom stereocenters. The standard InChI is InChI=1S/C24H22F2N2O4S/c1-2-33(31,32)21-14-8-17(9-15-21)16-22(29)27-20-12-10-18(11-13-20)24(25,26)23(30)28-19-6-4-3-5-7-19/h3-15H,2,16H2,1H3,(H2-,27,28,29,30,31,32)/p+1. The third-order valence-corrected chi connectivity index (χ3v) is 6.69. The van der Waals surface area contributed by atoms with Gasteiger partial charge in [-0.3, -0.25) is 9.59 Å². The molecule has 0 spiro atoms. The van der Waals surface area contributed by atoms with E-state index in [1.165, 1.54) is 36.4 Å².